The number of rotatable bonds is 2. The minimum atomic E-state index is 0.275. The van der Waals surface area contributed by atoms with Gasteiger partial charge in [0.25, 0.3) is 0 Å². The van der Waals surface area contributed by atoms with Crippen molar-refractivity contribution in [3.8, 4) is 11.1 Å². The first-order chi connectivity index (χ1) is 12.9. The molecule has 5 rings (SSSR count). The van der Waals surface area contributed by atoms with Gasteiger partial charge in [-0.3, -0.25) is 0 Å². The fourth-order valence-corrected chi connectivity index (χ4v) is 4.16. The molecule has 3 aromatic carbocycles. The molecular formula is C24H18BN. The van der Waals surface area contributed by atoms with Crippen molar-refractivity contribution in [3.05, 3.63) is 102 Å². The standard InChI is InChI=1S/C24H18BN/c1-2-10-18(11-3-1)19-12-4-5-13-20(19)25-21-14-6-8-16-23(21)26-24-17-9-7-15-22(24)25/h1-2,4-6,8-10,12-14,16-17,26H,7,15H2. The molecule has 0 atom stereocenters. The highest BCUT2D eigenvalue weighted by molar-refractivity contribution is 6.93. The van der Waals surface area contributed by atoms with Crippen LogP contribution in [0.5, 0.6) is 0 Å². The van der Waals surface area contributed by atoms with E-state index in [-0.39, 0.29) is 6.71 Å². The van der Waals surface area contributed by atoms with Crippen LogP contribution in [0.2, 0.25) is 0 Å². The number of para-hydroxylation sites is 1. The van der Waals surface area contributed by atoms with E-state index in [2.05, 4.69) is 84.2 Å². The summed E-state index contributed by atoms with van der Waals surface area (Å²) in [4.78, 5) is 0. The highest BCUT2D eigenvalue weighted by atomic mass is 14.9. The average Bonchev–Trinajstić information content (AvgIpc) is 2.72. The molecule has 0 unspecified atom stereocenters. The normalized spacial score (nSPS) is 15.0. The van der Waals surface area contributed by atoms with Crippen LogP contribution in [0, 0.1) is 12.1 Å². The van der Waals surface area contributed by atoms with Crippen LogP contribution >= 0.6 is 0 Å². The zero-order valence-electron chi connectivity index (χ0n) is 14.5. The molecule has 2 aliphatic rings. The third-order valence-electron chi connectivity index (χ3n) is 5.31. The first kappa shape index (κ1) is 15.1. The highest BCUT2D eigenvalue weighted by Crippen LogP contribution is 2.29. The number of allylic oxidation sites excluding steroid dienone is 3. The lowest BCUT2D eigenvalue weighted by atomic mass is 9.33. The molecule has 2 heteroatoms. The Labute approximate surface area is 155 Å². The quantitative estimate of drug-likeness (QED) is 0.696. The van der Waals surface area contributed by atoms with Gasteiger partial charge in [0.05, 0.1) is 0 Å². The average molecular weight is 331 g/mol. The van der Waals surface area contributed by atoms with Crippen LogP contribution < -0.4 is 16.2 Å². The minimum absolute atomic E-state index is 0.275. The maximum absolute atomic E-state index is 3.64. The predicted octanol–water partition coefficient (Wildman–Crippen LogP) is 4.13. The second-order valence-corrected chi connectivity index (χ2v) is 6.82. The molecule has 0 radical (unpaired) electrons. The lowest BCUT2D eigenvalue weighted by Gasteiger charge is -2.32. The molecular weight excluding hydrogens is 313 g/mol. The van der Waals surface area contributed by atoms with Crippen LogP contribution in [0.1, 0.15) is 12.8 Å². The van der Waals surface area contributed by atoms with E-state index in [4.69, 9.17) is 0 Å². The van der Waals surface area contributed by atoms with Gasteiger partial charge < -0.3 is 5.32 Å². The second-order valence-electron chi connectivity index (χ2n) is 6.82. The fraction of sp³-hybridized carbons (Fsp3) is 0.0833. The summed E-state index contributed by atoms with van der Waals surface area (Å²) < 4.78 is 0. The molecule has 0 bridgehead atoms. The van der Waals surface area contributed by atoms with Crippen LogP contribution in [0.25, 0.3) is 11.1 Å². The Hall–Kier alpha value is -3.18. The topological polar surface area (TPSA) is 12.0 Å². The summed E-state index contributed by atoms with van der Waals surface area (Å²) in [5, 5.41) is 3.64. The molecule has 0 spiro atoms. The van der Waals surface area contributed by atoms with Crippen molar-refractivity contribution in [2.24, 2.45) is 0 Å². The summed E-state index contributed by atoms with van der Waals surface area (Å²) in [6, 6.07) is 29.9. The summed E-state index contributed by atoms with van der Waals surface area (Å²) >= 11 is 0. The van der Waals surface area contributed by atoms with Gasteiger partial charge >= 0.3 is 0 Å². The Kier molecular flexibility index (Phi) is 3.65. The van der Waals surface area contributed by atoms with Gasteiger partial charge in [-0.15, -0.1) is 0 Å². The number of hydrogen-bond acceptors (Lipinski definition) is 1. The lowest BCUT2D eigenvalue weighted by molar-refractivity contribution is 0.990. The molecule has 3 aromatic rings. The van der Waals surface area contributed by atoms with Crippen molar-refractivity contribution in [2.75, 3.05) is 5.32 Å². The first-order valence-corrected chi connectivity index (χ1v) is 9.15. The van der Waals surface area contributed by atoms with Gasteiger partial charge in [0.2, 0.25) is 6.71 Å². The van der Waals surface area contributed by atoms with Crippen LogP contribution in [-0.2, 0) is 0 Å². The molecule has 0 saturated heterocycles. The predicted molar refractivity (Wildman–Crippen MR) is 110 cm³/mol. The highest BCUT2D eigenvalue weighted by Gasteiger charge is 2.33. The Morgan fingerprint density at radius 2 is 1.73 bits per heavy atom. The van der Waals surface area contributed by atoms with E-state index < -0.39 is 0 Å². The van der Waals surface area contributed by atoms with Gasteiger partial charge in [-0.1, -0.05) is 77.7 Å². The van der Waals surface area contributed by atoms with Crippen LogP contribution in [-0.4, -0.2) is 6.71 Å². The number of fused-ring (bicyclic) bond motifs is 1. The van der Waals surface area contributed by atoms with Gasteiger partial charge in [0.15, 0.2) is 0 Å². The van der Waals surface area contributed by atoms with Gasteiger partial charge in [0.1, 0.15) is 0 Å². The van der Waals surface area contributed by atoms with Crippen molar-refractivity contribution in [3.63, 3.8) is 0 Å². The summed E-state index contributed by atoms with van der Waals surface area (Å²) in [6.45, 7) is 0.275. The molecule has 0 amide bonds. The van der Waals surface area contributed by atoms with Gasteiger partial charge in [-0.05, 0) is 48.1 Å². The SMILES string of the molecule is c1cccc(-c2ccccc2B2C3=C(C=CCC3)Nc3ccccc32)c#1. The van der Waals surface area contributed by atoms with E-state index >= 15 is 0 Å². The van der Waals surface area contributed by atoms with Gasteiger partial charge in [-0.25, -0.2) is 0 Å². The van der Waals surface area contributed by atoms with E-state index in [1.807, 2.05) is 12.1 Å². The van der Waals surface area contributed by atoms with Crippen molar-refractivity contribution in [1.82, 2.24) is 0 Å². The van der Waals surface area contributed by atoms with Crippen LogP contribution in [0.15, 0.2) is 90.1 Å². The largest absolute Gasteiger partial charge is 0.357 e. The smallest absolute Gasteiger partial charge is 0.242 e. The monoisotopic (exact) mass is 331 g/mol. The summed E-state index contributed by atoms with van der Waals surface area (Å²) in [5.41, 5.74) is 9.01. The molecule has 0 aromatic heterocycles. The summed E-state index contributed by atoms with van der Waals surface area (Å²) in [5.74, 6) is 0. The van der Waals surface area contributed by atoms with E-state index in [9.17, 15) is 0 Å². The molecule has 0 saturated carbocycles. The third kappa shape index (κ3) is 2.45. The summed E-state index contributed by atoms with van der Waals surface area (Å²) in [7, 11) is 0. The van der Waals surface area contributed by atoms with E-state index in [1.54, 1.807) is 0 Å². The molecule has 0 fully saturated rings. The number of nitrogens with one attached hydrogen (secondary N) is 1. The lowest BCUT2D eigenvalue weighted by Crippen LogP contribution is -2.49. The summed E-state index contributed by atoms with van der Waals surface area (Å²) in [6.07, 6.45) is 6.71. The second kappa shape index (κ2) is 6.28. The van der Waals surface area contributed by atoms with Crippen LogP contribution in [0.4, 0.5) is 5.69 Å². The zero-order valence-corrected chi connectivity index (χ0v) is 14.5. The Balaban J connectivity index is 1.75. The van der Waals surface area contributed by atoms with Crippen LogP contribution in [0.3, 0.4) is 0 Å². The fourth-order valence-electron chi connectivity index (χ4n) is 4.16. The first-order valence-electron chi connectivity index (χ1n) is 9.15. The molecule has 1 nitrogen and oxygen atoms in total. The number of anilines is 1. The maximum atomic E-state index is 3.64. The molecule has 1 heterocycles. The van der Waals surface area contributed by atoms with Crippen molar-refractivity contribution < 1.29 is 0 Å². The van der Waals surface area contributed by atoms with E-state index in [1.165, 1.54) is 33.3 Å². The van der Waals surface area contributed by atoms with E-state index in [0.29, 0.717) is 0 Å². The molecule has 1 N–H and O–H groups in total. The zero-order chi connectivity index (χ0) is 17.3. The number of benzene rings is 2. The molecule has 122 valence electrons. The van der Waals surface area contributed by atoms with Gasteiger partial charge in [0, 0.05) is 16.9 Å². The number of hydrogen-bond donors (Lipinski definition) is 1. The third-order valence-corrected chi connectivity index (χ3v) is 5.31. The Morgan fingerprint density at radius 3 is 2.62 bits per heavy atom. The Bertz CT molecular complexity index is 1020. The molecule has 26 heavy (non-hydrogen) atoms. The maximum Gasteiger partial charge on any atom is 0.242 e. The van der Waals surface area contributed by atoms with Crippen molar-refractivity contribution in [2.45, 2.75) is 12.8 Å². The molecule has 1 aliphatic heterocycles. The van der Waals surface area contributed by atoms with Crippen molar-refractivity contribution >= 4 is 23.3 Å². The Morgan fingerprint density at radius 1 is 0.885 bits per heavy atom. The molecule has 1 aliphatic carbocycles. The van der Waals surface area contributed by atoms with Crippen molar-refractivity contribution in [1.29, 1.82) is 0 Å². The van der Waals surface area contributed by atoms with Gasteiger partial charge in [-0.2, -0.15) is 0 Å². The minimum Gasteiger partial charge on any atom is -0.357 e. The van der Waals surface area contributed by atoms with E-state index in [0.717, 1.165) is 18.4 Å².